The van der Waals surface area contributed by atoms with Gasteiger partial charge in [-0.15, -0.1) is 0 Å². The standard InChI is InChI=1S/C10H17N5O/c1-3-15(5-9(12)16)6-10-13-7(2)4-8(11)14-10/h4H,3,5-6H2,1-2H3,(H2,12,16)(H2,11,13,14). The highest BCUT2D eigenvalue weighted by Crippen LogP contribution is 2.04. The minimum Gasteiger partial charge on any atom is -0.384 e. The zero-order valence-electron chi connectivity index (χ0n) is 9.60. The van der Waals surface area contributed by atoms with E-state index in [1.165, 1.54) is 0 Å². The molecule has 0 aromatic carbocycles. The molecule has 6 nitrogen and oxygen atoms in total. The number of nitrogens with two attached hydrogens (primary N) is 2. The van der Waals surface area contributed by atoms with Crippen LogP contribution in [-0.4, -0.2) is 33.9 Å². The number of nitrogen functional groups attached to an aromatic ring is 1. The van der Waals surface area contributed by atoms with Gasteiger partial charge in [-0.2, -0.15) is 0 Å². The lowest BCUT2D eigenvalue weighted by Gasteiger charge is -2.17. The third kappa shape index (κ3) is 3.82. The van der Waals surface area contributed by atoms with Crippen LogP contribution in [0.5, 0.6) is 0 Å². The van der Waals surface area contributed by atoms with E-state index in [1.54, 1.807) is 6.07 Å². The van der Waals surface area contributed by atoms with Crippen molar-refractivity contribution in [3.8, 4) is 0 Å². The van der Waals surface area contributed by atoms with E-state index in [0.29, 0.717) is 24.7 Å². The van der Waals surface area contributed by atoms with Crippen molar-refractivity contribution in [2.24, 2.45) is 5.73 Å². The van der Waals surface area contributed by atoms with Gasteiger partial charge >= 0.3 is 0 Å². The number of likely N-dealkylation sites (N-methyl/N-ethyl adjacent to an activating group) is 1. The molecule has 0 aliphatic carbocycles. The van der Waals surface area contributed by atoms with Crippen LogP contribution in [0, 0.1) is 6.92 Å². The van der Waals surface area contributed by atoms with E-state index >= 15 is 0 Å². The van der Waals surface area contributed by atoms with Gasteiger partial charge in [-0.25, -0.2) is 9.97 Å². The van der Waals surface area contributed by atoms with Crippen molar-refractivity contribution >= 4 is 11.7 Å². The molecule has 0 aliphatic heterocycles. The van der Waals surface area contributed by atoms with Crippen molar-refractivity contribution in [3.63, 3.8) is 0 Å². The van der Waals surface area contributed by atoms with Crippen LogP contribution < -0.4 is 11.5 Å². The summed E-state index contributed by atoms with van der Waals surface area (Å²) in [5, 5.41) is 0. The summed E-state index contributed by atoms with van der Waals surface area (Å²) in [7, 11) is 0. The molecule has 1 aromatic heterocycles. The molecule has 6 heteroatoms. The largest absolute Gasteiger partial charge is 0.384 e. The van der Waals surface area contributed by atoms with Gasteiger partial charge in [0.25, 0.3) is 0 Å². The Kier molecular flexibility index (Phi) is 4.19. The van der Waals surface area contributed by atoms with Crippen LogP contribution in [-0.2, 0) is 11.3 Å². The zero-order chi connectivity index (χ0) is 12.1. The van der Waals surface area contributed by atoms with Crippen molar-refractivity contribution < 1.29 is 4.79 Å². The fraction of sp³-hybridized carbons (Fsp3) is 0.500. The first-order chi connectivity index (χ1) is 7.51. The highest BCUT2D eigenvalue weighted by atomic mass is 16.1. The Labute approximate surface area is 94.7 Å². The summed E-state index contributed by atoms with van der Waals surface area (Å²) in [6.45, 7) is 5.19. The lowest BCUT2D eigenvalue weighted by molar-refractivity contribution is -0.119. The number of amides is 1. The molecule has 88 valence electrons. The maximum absolute atomic E-state index is 10.8. The average molecular weight is 223 g/mol. The summed E-state index contributed by atoms with van der Waals surface area (Å²) in [6.07, 6.45) is 0. The van der Waals surface area contributed by atoms with Crippen molar-refractivity contribution in [1.82, 2.24) is 14.9 Å². The van der Waals surface area contributed by atoms with Crippen LogP contribution >= 0.6 is 0 Å². The number of nitrogens with zero attached hydrogens (tertiary/aromatic N) is 3. The Balaban J connectivity index is 2.73. The van der Waals surface area contributed by atoms with Gasteiger partial charge in [0.2, 0.25) is 5.91 Å². The summed E-state index contributed by atoms with van der Waals surface area (Å²) < 4.78 is 0. The van der Waals surface area contributed by atoms with Crippen molar-refractivity contribution in [2.45, 2.75) is 20.4 Å². The number of aryl methyl sites for hydroxylation is 1. The minimum atomic E-state index is -0.359. The van der Waals surface area contributed by atoms with E-state index in [2.05, 4.69) is 9.97 Å². The number of rotatable bonds is 5. The lowest BCUT2D eigenvalue weighted by atomic mass is 10.4. The van der Waals surface area contributed by atoms with E-state index in [1.807, 2.05) is 18.7 Å². The quantitative estimate of drug-likeness (QED) is 0.712. The molecule has 0 spiro atoms. The molecule has 0 atom stereocenters. The van der Waals surface area contributed by atoms with Crippen LogP contribution in [0.15, 0.2) is 6.07 Å². The predicted octanol–water partition coefficient (Wildman–Crippen LogP) is -0.326. The fourth-order valence-corrected chi connectivity index (χ4v) is 1.43. The maximum atomic E-state index is 10.8. The summed E-state index contributed by atoms with van der Waals surface area (Å²) in [6, 6.07) is 1.70. The van der Waals surface area contributed by atoms with Gasteiger partial charge in [0, 0.05) is 11.8 Å². The zero-order valence-corrected chi connectivity index (χ0v) is 9.60. The van der Waals surface area contributed by atoms with E-state index in [9.17, 15) is 4.79 Å². The Morgan fingerprint density at radius 1 is 1.50 bits per heavy atom. The minimum absolute atomic E-state index is 0.202. The molecule has 0 aliphatic rings. The third-order valence-corrected chi connectivity index (χ3v) is 2.11. The third-order valence-electron chi connectivity index (χ3n) is 2.11. The molecular weight excluding hydrogens is 206 g/mol. The molecule has 4 N–H and O–H groups in total. The Morgan fingerprint density at radius 3 is 2.69 bits per heavy atom. The Morgan fingerprint density at radius 2 is 2.19 bits per heavy atom. The van der Waals surface area contributed by atoms with Gasteiger partial charge in [-0.3, -0.25) is 9.69 Å². The van der Waals surface area contributed by atoms with Crippen molar-refractivity contribution in [3.05, 3.63) is 17.6 Å². The molecule has 1 amide bonds. The monoisotopic (exact) mass is 223 g/mol. The van der Waals surface area contributed by atoms with E-state index in [-0.39, 0.29) is 12.5 Å². The van der Waals surface area contributed by atoms with Crippen molar-refractivity contribution in [1.29, 1.82) is 0 Å². The number of carbonyl (C=O) groups is 1. The number of carbonyl (C=O) groups excluding carboxylic acids is 1. The number of aromatic nitrogens is 2. The maximum Gasteiger partial charge on any atom is 0.231 e. The van der Waals surface area contributed by atoms with Gasteiger partial charge in [0.15, 0.2) is 0 Å². The van der Waals surface area contributed by atoms with Gasteiger partial charge in [-0.05, 0) is 13.5 Å². The van der Waals surface area contributed by atoms with Gasteiger partial charge in [0.1, 0.15) is 11.6 Å². The SMILES string of the molecule is CCN(CC(N)=O)Cc1nc(C)cc(N)n1. The second kappa shape index (κ2) is 5.41. The van der Waals surface area contributed by atoms with Crippen LogP contribution in [0.4, 0.5) is 5.82 Å². The van der Waals surface area contributed by atoms with Crippen LogP contribution in [0.1, 0.15) is 18.4 Å². The second-order valence-electron chi connectivity index (χ2n) is 3.62. The first kappa shape index (κ1) is 12.4. The smallest absolute Gasteiger partial charge is 0.231 e. The predicted molar refractivity (Wildman–Crippen MR) is 61.3 cm³/mol. The Bertz CT molecular complexity index is 359. The molecule has 1 aromatic rings. The Hall–Kier alpha value is -1.69. The summed E-state index contributed by atoms with van der Waals surface area (Å²) in [4.78, 5) is 21.0. The topological polar surface area (TPSA) is 98.1 Å². The van der Waals surface area contributed by atoms with Crippen LogP contribution in [0.2, 0.25) is 0 Å². The normalized spacial score (nSPS) is 10.7. The molecule has 0 saturated carbocycles. The molecule has 1 heterocycles. The molecule has 1 rings (SSSR count). The summed E-state index contributed by atoms with van der Waals surface area (Å²) in [5.74, 6) is 0.695. The van der Waals surface area contributed by atoms with Gasteiger partial charge < -0.3 is 11.5 Å². The molecular formula is C10H17N5O. The van der Waals surface area contributed by atoms with Gasteiger partial charge in [-0.1, -0.05) is 6.92 Å². The van der Waals surface area contributed by atoms with E-state index < -0.39 is 0 Å². The van der Waals surface area contributed by atoms with Gasteiger partial charge in [0.05, 0.1) is 13.1 Å². The number of anilines is 1. The lowest BCUT2D eigenvalue weighted by Crippen LogP contribution is -2.33. The summed E-state index contributed by atoms with van der Waals surface area (Å²) >= 11 is 0. The fourth-order valence-electron chi connectivity index (χ4n) is 1.43. The second-order valence-corrected chi connectivity index (χ2v) is 3.62. The summed E-state index contributed by atoms with van der Waals surface area (Å²) in [5.41, 5.74) is 11.6. The van der Waals surface area contributed by atoms with E-state index in [0.717, 1.165) is 5.69 Å². The van der Waals surface area contributed by atoms with Crippen LogP contribution in [0.3, 0.4) is 0 Å². The molecule has 0 unspecified atom stereocenters. The van der Waals surface area contributed by atoms with Crippen molar-refractivity contribution in [2.75, 3.05) is 18.8 Å². The molecule has 0 radical (unpaired) electrons. The van der Waals surface area contributed by atoms with Crippen LogP contribution in [0.25, 0.3) is 0 Å². The number of hydrogen-bond acceptors (Lipinski definition) is 5. The highest BCUT2D eigenvalue weighted by Gasteiger charge is 2.09. The average Bonchev–Trinajstić information content (AvgIpc) is 2.14. The molecule has 0 bridgehead atoms. The number of hydrogen-bond donors (Lipinski definition) is 2. The first-order valence-corrected chi connectivity index (χ1v) is 5.12. The first-order valence-electron chi connectivity index (χ1n) is 5.12. The molecule has 16 heavy (non-hydrogen) atoms. The van der Waals surface area contributed by atoms with E-state index in [4.69, 9.17) is 11.5 Å². The highest BCUT2D eigenvalue weighted by molar-refractivity contribution is 5.75. The number of primary amides is 1. The molecule has 0 saturated heterocycles. The molecule has 0 fully saturated rings.